The number of carboxylic acids is 1. The van der Waals surface area contributed by atoms with Crippen LogP contribution >= 0.6 is 23.1 Å². The van der Waals surface area contributed by atoms with Crippen molar-refractivity contribution in [3.8, 4) is 0 Å². The molecular formula is C15H16FNO2S2. The van der Waals surface area contributed by atoms with Crippen LogP contribution in [0.1, 0.15) is 41.1 Å². The Morgan fingerprint density at radius 1 is 1.33 bits per heavy atom. The number of carbonyl (C=O) groups is 1. The minimum atomic E-state index is -0.935. The van der Waals surface area contributed by atoms with Crippen molar-refractivity contribution in [1.82, 2.24) is 4.98 Å². The molecule has 0 saturated carbocycles. The van der Waals surface area contributed by atoms with Crippen molar-refractivity contribution in [2.24, 2.45) is 0 Å². The summed E-state index contributed by atoms with van der Waals surface area (Å²) in [4.78, 5) is 17.0. The van der Waals surface area contributed by atoms with Gasteiger partial charge in [-0.15, -0.1) is 23.1 Å². The lowest BCUT2D eigenvalue weighted by atomic mass is 9.91. The van der Waals surface area contributed by atoms with Gasteiger partial charge in [-0.3, -0.25) is 0 Å². The summed E-state index contributed by atoms with van der Waals surface area (Å²) < 4.78 is 12.8. The quantitative estimate of drug-likeness (QED) is 0.837. The second kappa shape index (κ2) is 6.15. The number of thioether (sulfide) groups is 1. The highest BCUT2D eigenvalue weighted by Crippen LogP contribution is 2.32. The summed E-state index contributed by atoms with van der Waals surface area (Å²) in [5.74, 6) is -0.626. The van der Waals surface area contributed by atoms with Crippen molar-refractivity contribution >= 4 is 29.1 Å². The van der Waals surface area contributed by atoms with E-state index in [1.54, 1.807) is 12.1 Å². The third-order valence-electron chi connectivity index (χ3n) is 2.75. The number of rotatable bonds is 4. The molecule has 2 aromatic rings. The molecule has 0 saturated heterocycles. The standard InChI is InChI=1S/C15H16FNO2S2/c1-15(2,3)13-12(14(18)19)21-11(17-13)8-20-10-6-4-9(16)5-7-10/h4-7H,8H2,1-3H3,(H,18,19). The SMILES string of the molecule is CC(C)(C)c1nc(CSc2ccc(F)cc2)sc1C(=O)O. The second-order valence-corrected chi connectivity index (χ2v) is 7.72. The number of thiazole rings is 1. The first-order chi connectivity index (χ1) is 9.77. The fourth-order valence-corrected chi connectivity index (χ4v) is 3.76. The van der Waals surface area contributed by atoms with Crippen LogP contribution in [0.2, 0.25) is 0 Å². The van der Waals surface area contributed by atoms with Gasteiger partial charge in [-0.05, 0) is 24.3 Å². The molecule has 1 aromatic carbocycles. The minimum Gasteiger partial charge on any atom is -0.477 e. The highest BCUT2D eigenvalue weighted by atomic mass is 32.2. The molecule has 3 nitrogen and oxygen atoms in total. The number of benzene rings is 1. The first kappa shape index (κ1) is 16.0. The van der Waals surface area contributed by atoms with E-state index >= 15 is 0 Å². The number of carboxylic acid groups (broad SMARTS) is 1. The normalized spacial score (nSPS) is 11.6. The molecular weight excluding hydrogens is 309 g/mol. The van der Waals surface area contributed by atoms with Gasteiger partial charge in [0, 0.05) is 10.3 Å². The lowest BCUT2D eigenvalue weighted by Crippen LogP contribution is -2.16. The molecule has 21 heavy (non-hydrogen) atoms. The summed E-state index contributed by atoms with van der Waals surface area (Å²) in [6.45, 7) is 5.85. The van der Waals surface area contributed by atoms with Crippen LogP contribution in [0.15, 0.2) is 29.2 Å². The van der Waals surface area contributed by atoms with Gasteiger partial charge in [-0.2, -0.15) is 0 Å². The maximum absolute atomic E-state index is 12.8. The Hall–Kier alpha value is -1.40. The van der Waals surface area contributed by atoms with E-state index in [1.165, 1.54) is 35.2 Å². The Morgan fingerprint density at radius 3 is 2.43 bits per heavy atom. The smallest absolute Gasteiger partial charge is 0.347 e. The van der Waals surface area contributed by atoms with Crippen molar-refractivity contribution in [2.75, 3.05) is 0 Å². The summed E-state index contributed by atoms with van der Waals surface area (Å²) in [6.07, 6.45) is 0. The summed E-state index contributed by atoms with van der Waals surface area (Å²) >= 11 is 2.73. The van der Waals surface area contributed by atoms with Crippen molar-refractivity contribution in [3.63, 3.8) is 0 Å². The fourth-order valence-electron chi connectivity index (χ4n) is 1.76. The van der Waals surface area contributed by atoms with Gasteiger partial charge in [0.05, 0.1) is 11.4 Å². The van der Waals surface area contributed by atoms with Crippen molar-refractivity contribution in [2.45, 2.75) is 36.8 Å². The summed E-state index contributed by atoms with van der Waals surface area (Å²) in [6, 6.07) is 6.23. The van der Waals surface area contributed by atoms with E-state index in [1.807, 2.05) is 20.8 Å². The second-order valence-electron chi connectivity index (χ2n) is 5.58. The minimum absolute atomic E-state index is 0.267. The van der Waals surface area contributed by atoms with Crippen molar-refractivity contribution in [3.05, 3.63) is 45.7 Å². The van der Waals surface area contributed by atoms with E-state index in [0.29, 0.717) is 16.3 Å². The average Bonchev–Trinajstić information content (AvgIpc) is 2.82. The third kappa shape index (κ3) is 4.04. The van der Waals surface area contributed by atoms with Gasteiger partial charge in [0.1, 0.15) is 15.7 Å². The number of halogens is 1. The largest absolute Gasteiger partial charge is 0.477 e. The zero-order valence-corrected chi connectivity index (χ0v) is 13.6. The highest BCUT2D eigenvalue weighted by Gasteiger charge is 2.26. The molecule has 2 rings (SSSR count). The molecule has 0 aliphatic rings. The molecule has 0 aliphatic carbocycles. The molecule has 6 heteroatoms. The monoisotopic (exact) mass is 325 g/mol. The van der Waals surface area contributed by atoms with Gasteiger partial charge in [-0.25, -0.2) is 14.2 Å². The van der Waals surface area contributed by atoms with E-state index in [2.05, 4.69) is 4.98 Å². The number of hydrogen-bond acceptors (Lipinski definition) is 4. The molecule has 1 heterocycles. The topological polar surface area (TPSA) is 50.2 Å². The molecule has 112 valence electrons. The Labute approximate surface area is 131 Å². The molecule has 0 amide bonds. The molecule has 0 spiro atoms. The fraction of sp³-hybridized carbons (Fsp3) is 0.333. The van der Waals surface area contributed by atoms with Crippen LogP contribution in [-0.4, -0.2) is 16.1 Å². The zero-order valence-electron chi connectivity index (χ0n) is 12.0. The maximum Gasteiger partial charge on any atom is 0.347 e. The molecule has 0 radical (unpaired) electrons. The van der Waals surface area contributed by atoms with E-state index in [-0.39, 0.29) is 11.2 Å². The van der Waals surface area contributed by atoms with Crippen LogP contribution in [0.25, 0.3) is 0 Å². The number of aromatic nitrogens is 1. The molecule has 0 unspecified atom stereocenters. The van der Waals surface area contributed by atoms with E-state index < -0.39 is 5.97 Å². The molecule has 0 aliphatic heterocycles. The first-order valence-electron chi connectivity index (χ1n) is 6.39. The molecule has 1 N–H and O–H groups in total. The predicted molar refractivity (Wildman–Crippen MR) is 83.7 cm³/mol. The molecule has 1 aromatic heterocycles. The first-order valence-corrected chi connectivity index (χ1v) is 8.19. The number of nitrogens with zero attached hydrogens (tertiary/aromatic N) is 1. The zero-order chi connectivity index (χ0) is 15.6. The van der Waals surface area contributed by atoms with Crippen LogP contribution in [0.5, 0.6) is 0 Å². The predicted octanol–water partition coefficient (Wildman–Crippen LogP) is 4.57. The summed E-state index contributed by atoms with van der Waals surface area (Å²) in [5, 5.41) is 10.1. The van der Waals surface area contributed by atoms with Crippen LogP contribution in [0, 0.1) is 5.82 Å². The summed E-state index contributed by atoms with van der Waals surface area (Å²) in [5.41, 5.74) is 0.318. The van der Waals surface area contributed by atoms with Crippen LogP contribution in [0.3, 0.4) is 0 Å². The van der Waals surface area contributed by atoms with Gasteiger partial charge in [-0.1, -0.05) is 20.8 Å². The van der Waals surface area contributed by atoms with Gasteiger partial charge in [0.2, 0.25) is 0 Å². The Balaban J connectivity index is 2.17. The Bertz CT molecular complexity index is 645. The van der Waals surface area contributed by atoms with Gasteiger partial charge < -0.3 is 5.11 Å². The molecule has 0 bridgehead atoms. The van der Waals surface area contributed by atoms with Crippen molar-refractivity contribution < 1.29 is 14.3 Å². The Morgan fingerprint density at radius 2 is 1.95 bits per heavy atom. The van der Waals surface area contributed by atoms with E-state index in [9.17, 15) is 14.3 Å². The van der Waals surface area contributed by atoms with Crippen LogP contribution in [-0.2, 0) is 11.2 Å². The summed E-state index contributed by atoms with van der Waals surface area (Å²) in [7, 11) is 0. The lowest BCUT2D eigenvalue weighted by molar-refractivity contribution is 0.0699. The van der Waals surface area contributed by atoms with Crippen molar-refractivity contribution in [1.29, 1.82) is 0 Å². The molecule has 0 atom stereocenters. The van der Waals surface area contributed by atoms with Crippen LogP contribution < -0.4 is 0 Å². The molecule has 0 fully saturated rings. The third-order valence-corrected chi connectivity index (χ3v) is 5.00. The average molecular weight is 325 g/mol. The van der Waals surface area contributed by atoms with E-state index in [0.717, 1.165) is 9.90 Å². The van der Waals surface area contributed by atoms with Gasteiger partial charge in [0.25, 0.3) is 0 Å². The maximum atomic E-state index is 12.8. The highest BCUT2D eigenvalue weighted by molar-refractivity contribution is 7.98. The van der Waals surface area contributed by atoms with Crippen LogP contribution in [0.4, 0.5) is 4.39 Å². The number of hydrogen-bond donors (Lipinski definition) is 1. The Kier molecular flexibility index (Phi) is 4.68. The van der Waals surface area contributed by atoms with Gasteiger partial charge in [0.15, 0.2) is 0 Å². The number of aromatic carboxylic acids is 1. The van der Waals surface area contributed by atoms with E-state index in [4.69, 9.17) is 0 Å². The lowest BCUT2D eigenvalue weighted by Gasteiger charge is -2.16. The van der Waals surface area contributed by atoms with Gasteiger partial charge >= 0.3 is 5.97 Å².